The molecule has 0 saturated carbocycles. The molecule has 5 nitrogen and oxygen atoms in total. The number of hydrogen-bond acceptors (Lipinski definition) is 4. The molecule has 2 heterocycles. The van der Waals surface area contributed by atoms with Crippen molar-refractivity contribution in [3.05, 3.63) is 65.6 Å². The summed E-state index contributed by atoms with van der Waals surface area (Å²) in [7, 11) is 0. The Kier molecular flexibility index (Phi) is 3.54. The zero-order chi connectivity index (χ0) is 14.7. The van der Waals surface area contributed by atoms with Crippen LogP contribution in [0.5, 0.6) is 0 Å². The van der Waals surface area contributed by atoms with Gasteiger partial charge in [-0.3, -0.25) is 0 Å². The van der Waals surface area contributed by atoms with Crippen molar-refractivity contribution in [3.8, 4) is 6.07 Å². The van der Waals surface area contributed by atoms with Crippen molar-refractivity contribution in [1.82, 2.24) is 9.38 Å². The van der Waals surface area contributed by atoms with Gasteiger partial charge < -0.3 is 14.8 Å². The third kappa shape index (κ3) is 2.71. The van der Waals surface area contributed by atoms with Crippen LogP contribution in [0.25, 0.3) is 5.65 Å². The smallest absolute Gasteiger partial charge is 0.137 e. The summed E-state index contributed by atoms with van der Waals surface area (Å²) in [6, 6.07) is 13.3. The molecular formula is C16H14N4O. The van der Waals surface area contributed by atoms with Crippen molar-refractivity contribution in [2.75, 3.05) is 5.32 Å². The van der Waals surface area contributed by atoms with E-state index in [2.05, 4.69) is 16.4 Å². The molecule has 0 bridgehead atoms. The quantitative estimate of drug-likeness (QED) is 0.768. The molecule has 21 heavy (non-hydrogen) atoms. The van der Waals surface area contributed by atoms with E-state index in [0.29, 0.717) is 12.1 Å². The standard InChI is InChI=1S/C16H14N4O/c17-7-13-4-5-16-19-9-15(20(16)10-13)8-18-14-3-1-2-12(6-14)11-21/h1-6,9-10,18,21H,8,11H2. The second kappa shape index (κ2) is 5.65. The van der Waals surface area contributed by atoms with Crippen LogP contribution in [0.2, 0.25) is 0 Å². The van der Waals surface area contributed by atoms with Gasteiger partial charge >= 0.3 is 0 Å². The number of nitrogens with one attached hydrogen (secondary N) is 1. The van der Waals surface area contributed by atoms with Gasteiger partial charge in [-0.15, -0.1) is 0 Å². The largest absolute Gasteiger partial charge is 0.392 e. The maximum atomic E-state index is 9.14. The summed E-state index contributed by atoms with van der Waals surface area (Å²) >= 11 is 0. The lowest BCUT2D eigenvalue weighted by molar-refractivity contribution is 0.282. The van der Waals surface area contributed by atoms with E-state index >= 15 is 0 Å². The number of nitrogens with zero attached hydrogens (tertiary/aromatic N) is 3. The van der Waals surface area contributed by atoms with E-state index in [0.717, 1.165) is 22.6 Å². The monoisotopic (exact) mass is 278 g/mol. The number of pyridine rings is 1. The first-order valence-corrected chi connectivity index (χ1v) is 6.60. The van der Waals surface area contributed by atoms with Crippen molar-refractivity contribution in [3.63, 3.8) is 0 Å². The van der Waals surface area contributed by atoms with Gasteiger partial charge in [0.05, 0.1) is 30.6 Å². The molecule has 0 aliphatic heterocycles. The van der Waals surface area contributed by atoms with E-state index in [-0.39, 0.29) is 6.61 Å². The molecule has 0 unspecified atom stereocenters. The van der Waals surface area contributed by atoms with Gasteiger partial charge in [-0.25, -0.2) is 4.98 Å². The molecule has 0 fully saturated rings. The highest BCUT2D eigenvalue weighted by Gasteiger charge is 2.04. The van der Waals surface area contributed by atoms with Gasteiger partial charge in [0.1, 0.15) is 11.7 Å². The minimum Gasteiger partial charge on any atom is -0.392 e. The highest BCUT2D eigenvalue weighted by molar-refractivity contribution is 5.48. The predicted octanol–water partition coefficient (Wildman–Crippen LogP) is 2.31. The van der Waals surface area contributed by atoms with E-state index < -0.39 is 0 Å². The van der Waals surface area contributed by atoms with Crippen LogP contribution in [-0.4, -0.2) is 14.5 Å². The van der Waals surface area contributed by atoms with Gasteiger partial charge in [0.25, 0.3) is 0 Å². The Hall–Kier alpha value is -2.84. The molecule has 0 saturated heterocycles. The number of hydrogen-bond donors (Lipinski definition) is 2. The van der Waals surface area contributed by atoms with Gasteiger partial charge in [-0.05, 0) is 29.8 Å². The van der Waals surface area contributed by atoms with Crippen molar-refractivity contribution < 1.29 is 5.11 Å². The number of nitriles is 1. The Bertz CT molecular complexity index is 817. The van der Waals surface area contributed by atoms with E-state index in [9.17, 15) is 0 Å². The number of aliphatic hydroxyl groups excluding tert-OH is 1. The van der Waals surface area contributed by atoms with Crippen molar-refractivity contribution in [1.29, 1.82) is 5.26 Å². The first-order valence-electron chi connectivity index (χ1n) is 6.60. The molecular weight excluding hydrogens is 264 g/mol. The first-order chi connectivity index (χ1) is 10.3. The van der Waals surface area contributed by atoms with E-state index in [1.54, 1.807) is 18.5 Å². The van der Waals surface area contributed by atoms with E-state index in [1.165, 1.54) is 0 Å². The second-order valence-corrected chi connectivity index (χ2v) is 4.72. The van der Waals surface area contributed by atoms with Crippen LogP contribution in [0.3, 0.4) is 0 Å². The Morgan fingerprint density at radius 1 is 1.29 bits per heavy atom. The minimum absolute atomic E-state index is 0.0245. The molecule has 2 N–H and O–H groups in total. The molecule has 0 aliphatic carbocycles. The summed E-state index contributed by atoms with van der Waals surface area (Å²) in [5, 5.41) is 21.4. The molecule has 3 aromatic rings. The molecule has 2 aromatic heterocycles. The van der Waals surface area contributed by atoms with Gasteiger partial charge in [-0.2, -0.15) is 5.26 Å². The number of fused-ring (bicyclic) bond motifs is 1. The number of aliphatic hydroxyl groups is 1. The first kappa shape index (κ1) is 13.2. The number of imidazole rings is 1. The number of aromatic nitrogens is 2. The fourth-order valence-electron chi connectivity index (χ4n) is 2.20. The fraction of sp³-hybridized carbons (Fsp3) is 0.125. The lowest BCUT2D eigenvalue weighted by atomic mass is 10.2. The van der Waals surface area contributed by atoms with E-state index in [4.69, 9.17) is 10.4 Å². The molecule has 0 aliphatic rings. The Labute approximate surface area is 122 Å². The number of benzene rings is 1. The van der Waals surface area contributed by atoms with Crippen LogP contribution in [0.15, 0.2) is 48.8 Å². The number of anilines is 1. The van der Waals surface area contributed by atoms with Gasteiger partial charge in [0.15, 0.2) is 0 Å². The Morgan fingerprint density at radius 2 is 2.19 bits per heavy atom. The van der Waals surface area contributed by atoms with Crippen LogP contribution < -0.4 is 5.32 Å². The van der Waals surface area contributed by atoms with E-state index in [1.807, 2.05) is 34.7 Å². The minimum atomic E-state index is 0.0245. The van der Waals surface area contributed by atoms with Crippen molar-refractivity contribution >= 4 is 11.3 Å². The van der Waals surface area contributed by atoms with Crippen molar-refractivity contribution in [2.24, 2.45) is 0 Å². The molecule has 5 heteroatoms. The third-order valence-corrected chi connectivity index (χ3v) is 3.29. The molecule has 0 atom stereocenters. The molecule has 0 spiro atoms. The predicted molar refractivity (Wildman–Crippen MR) is 79.6 cm³/mol. The van der Waals surface area contributed by atoms with Crippen LogP contribution in [-0.2, 0) is 13.2 Å². The van der Waals surface area contributed by atoms with Gasteiger partial charge in [0, 0.05) is 11.9 Å². The summed E-state index contributed by atoms with van der Waals surface area (Å²) in [5.41, 5.74) is 4.19. The molecule has 0 amide bonds. The van der Waals surface area contributed by atoms with Gasteiger partial charge in [-0.1, -0.05) is 12.1 Å². The average molecular weight is 278 g/mol. The average Bonchev–Trinajstić information content (AvgIpc) is 2.95. The normalized spacial score (nSPS) is 10.5. The highest BCUT2D eigenvalue weighted by atomic mass is 16.3. The number of rotatable bonds is 4. The fourth-order valence-corrected chi connectivity index (χ4v) is 2.20. The Morgan fingerprint density at radius 3 is 3.00 bits per heavy atom. The summed E-state index contributed by atoms with van der Waals surface area (Å²) < 4.78 is 1.90. The summed E-state index contributed by atoms with van der Waals surface area (Å²) in [5.74, 6) is 0. The zero-order valence-electron chi connectivity index (χ0n) is 11.3. The lowest BCUT2D eigenvalue weighted by Crippen LogP contribution is -2.03. The van der Waals surface area contributed by atoms with Crippen LogP contribution in [0.1, 0.15) is 16.8 Å². The summed E-state index contributed by atoms with van der Waals surface area (Å²) in [4.78, 5) is 4.31. The molecule has 1 aromatic carbocycles. The van der Waals surface area contributed by atoms with Crippen LogP contribution in [0.4, 0.5) is 5.69 Å². The lowest BCUT2D eigenvalue weighted by Gasteiger charge is -2.07. The SMILES string of the molecule is N#Cc1ccc2ncc(CNc3cccc(CO)c3)n2c1. The topological polar surface area (TPSA) is 73.3 Å². The second-order valence-electron chi connectivity index (χ2n) is 4.72. The zero-order valence-corrected chi connectivity index (χ0v) is 11.3. The maximum Gasteiger partial charge on any atom is 0.137 e. The third-order valence-electron chi connectivity index (χ3n) is 3.29. The van der Waals surface area contributed by atoms with Crippen LogP contribution >= 0.6 is 0 Å². The Balaban J connectivity index is 1.83. The van der Waals surface area contributed by atoms with Crippen LogP contribution in [0, 0.1) is 11.3 Å². The molecule has 3 rings (SSSR count). The van der Waals surface area contributed by atoms with Gasteiger partial charge in [0.2, 0.25) is 0 Å². The molecule has 104 valence electrons. The summed E-state index contributed by atoms with van der Waals surface area (Å²) in [6.07, 6.45) is 3.57. The van der Waals surface area contributed by atoms with Crippen molar-refractivity contribution in [2.45, 2.75) is 13.2 Å². The maximum absolute atomic E-state index is 9.14. The molecule has 0 radical (unpaired) electrons. The summed E-state index contributed by atoms with van der Waals surface area (Å²) in [6.45, 7) is 0.613. The highest BCUT2D eigenvalue weighted by Crippen LogP contribution is 2.14.